The van der Waals surface area contributed by atoms with Gasteiger partial charge in [-0.2, -0.15) is 0 Å². The maximum Gasteiger partial charge on any atom is 0.211 e. The zero-order valence-corrected chi connectivity index (χ0v) is 13.7. The standard InChI is InChI=1S/C15H26N2O3S/c1-16-14(7-8-15-6-4-10-20-15)11-13-5-3-9-17(12-13)21(2,18)19/h4,6,10,13-14,16H,3,5,7-9,11-12H2,1-2H3. The van der Waals surface area contributed by atoms with Crippen LogP contribution < -0.4 is 5.32 Å². The molecule has 1 aromatic heterocycles. The Labute approximate surface area is 127 Å². The molecule has 0 aliphatic carbocycles. The Bertz CT molecular complexity index is 513. The number of sulfonamides is 1. The van der Waals surface area contributed by atoms with Crippen molar-refractivity contribution in [1.29, 1.82) is 0 Å². The van der Waals surface area contributed by atoms with Crippen molar-refractivity contribution < 1.29 is 12.8 Å². The third-order valence-electron chi connectivity index (χ3n) is 4.30. The van der Waals surface area contributed by atoms with Crippen LogP contribution in [0.1, 0.15) is 31.4 Å². The molecule has 0 amide bonds. The largest absolute Gasteiger partial charge is 0.469 e. The van der Waals surface area contributed by atoms with Crippen LogP contribution >= 0.6 is 0 Å². The highest BCUT2D eigenvalue weighted by Crippen LogP contribution is 2.24. The molecule has 1 aliphatic rings. The molecule has 2 unspecified atom stereocenters. The highest BCUT2D eigenvalue weighted by atomic mass is 32.2. The number of nitrogens with zero attached hydrogens (tertiary/aromatic N) is 1. The summed E-state index contributed by atoms with van der Waals surface area (Å²) in [6.45, 7) is 1.34. The van der Waals surface area contributed by atoms with Crippen LogP contribution in [-0.4, -0.2) is 45.2 Å². The average Bonchev–Trinajstić information content (AvgIpc) is 2.96. The van der Waals surface area contributed by atoms with Gasteiger partial charge in [-0.05, 0) is 50.8 Å². The summed E-state index contributed by atoms with van der Waals surface area (Å²) in [5, 5.41) is 3.36. The van der Waals surface area contributed by atoms with Crippen molar-refractivity contribution in [1.82, 2.24) is 9.62 Å². The van der Waals surface area contributed by atoms with E-state index in [4.69, 9.17) is 4.42 Å². The number of hydrogen-bond acceptors (Lipinski definition) is 4. The lowest BCUT2D eigenvalue weighted by molar-refractivity contribution is 0.236. The van der Waals surface area contributed by atoms with Crippen molar-refractivity contribution in [2.24, 2.45) is 5.92 Å². The number of piperidine rings is 1. The van der Waals surface area contributed by atoms with E-state index in [1.54, 1.807) is 10.6 Å². The highest BCUT2D eigenvalue weighted by molar-refractivity contribution is 7.88. The quantitative estimate of drug-likeness (QED) is 0.834. The maximum atomic E-state index is 11.7. The second-order valence-corrected chi connectivity index (χ2v) is 7.95. The summed E-state index contributed by atoms with van der Waals surface area (Å²) in [5.74, 6) is 1.46. The van der Waals surface area contributed by atoms with Gasteiger partial charge in [0.2, 0.25) is 10.0 Å². The minimum absolute atomic E-state index is 0.402. The molecule has 120 valence electrons. The molecular weight excluding hydrogens is 288 g/mol. The second kappa shape index (κ2) is 7.42. The molecule has 0 aromatic carbocycles. The van der Waals surface area contributed by atoms with E-state index in [0.717, 1.165) is 37.9 Å². The zero-order chi connectivity index (χ0) is 15.3. The number of furan rings is 1. The summed E-state index contributed by atoms with van der Waals surface area (Å²) in [6.07, 6.45) is 8.04. The van der Waals surface area contributed by atoms with Crippen LogP contribution in [-0.2, 0) is 16.4 Å². The first-order valence-electron chi connectivity index (χ1n) is 7.64. The fourth-order valence-electron chi connectivity index (χ4n) is 3.07. The smallest absolute Gasteiger partial charge is 0.211 e. The van der Waals surface area contributed by atoms with Crippen molar-refractivity contribution in [3.8, 4) is 0 Å². The molecule has 0 bridgehead atoms. The molecule has 1 aromatic rings. The highest BCUT2D eigenvalue weighted by Gasteiger charge is 2.27. The summed E-state index contributed by atoms with van der Waals surface area (Å²) < 4.78 is 30.3. The van der Waals surface area contributed by atoms with E-state index in [1.165, 1.54) is 6.26 Å². The molecule has 2 heterocycles. The van der Waals surface area contributed by atoms with Crippen LogP contribution in [0.5, 0.6) is 0 Å². The van der Waals surface area contributed by atoms with E-state index >= 15 is 0 Å². The molecule has 2 rings (SSSR count). The lowest BCUT2D eigenvalue weighted by Crippen LogP contribution is -2.41. The van der Waals surface area contributed by atoms with Gasteiger partial charge in [0.15, 0.2) is 0 Å². The topological polar surface area (TPSA) is 62.6 Å². The molecule has 6 heteroatoms. The Morgan fingerprint density at radius 3 is 2.95 bits per heavy atom. The fraction of sp³-hybridized carbons (Fsp3) is 0.733. The van der Waals surface area contributed by atoms with Gasteiger partial charge in [-0.15, -0.1) is 0 Å². The van der Waals surface area contributed by atoms with Crippen molar-refractivity contribution in [2.75, 3.05) is 26.4 Å². The van der Waals surface area contributed by atoms with Gasteiger partial charge in [-0.1, -0.05) is 0 Å². The molecule has 5 nitrogen and oxygen atoms in total. The zero-order valence-electron chi connectivity index (χ0n) is 12.9. The molecule has 0 spiro atoms. The molecule has 1 saturated heterocycles. The Balaban J connectivity index is 1.83. The van der Waals surface area contributed by atoms with Crippen molar-refractivity contribution in [2.45, 2.75) is 38.1 Å². The minimum atomic E-state index is -3.05. The number of nitrogens with one attached hydrogen (secondary N) is 1. The molecule has 0 saturated carbocycles. The lowest BCUT2D eigenvalue weighted by atomic mass is 9.90. The van der Waals surface area contributed by atoms with E-state index in [0.29, 0.717) is 25.0 Å². The monoisotopic (exact) mass is 314 g/mol. The number of rotatable bonds is 7. The van der Waals surface area contributed by atoms with E-state index < -0.39 is 10.0 Å². The van der Waals surface area contributed by atoms with Crippen LogP contribution in [0.3, 0.4) is 0 Å². The summed E-state index contributed by atoms with van der Waals surface area (Å²) in [6, 6.07) is 4.31. The van der Waals surface area contributed by atoms with E-state index in [2.05, 4.69) is 5.32 Å². The first-order chi connectivity index (χ1) is 9.99. The van der Waals surface area contributed by atoms with Crippen molar-refractivity contribution in [3.63, 3.8) is 0 Å². The minimum Gasteiger partial charge on any atom is -0.469 e. The maximum absolute atomic E-state index is 11.7. The van der Waals surface area contributed by atoms with Gasteiger partial charge in [0.05, 0.1) is 12.5 Å². The first kappa shape index (κ1) is 16.5. The normalized spacial score (nSPS) is 22.3. The predicted octanol–water partition coefficient (Wildman–Crippen LogP) is 1.86. The molecule has 1 aliphatic heterocycles. The number of hydrogen-bond donors (Lipinski definition) is 1. The van der Waals surface area contributed by atoms with Crippen LogP contribution in [0.2, 0.25) is 0 Å². The summed E-state index contributed by atoms with van der Waals surface area (Å²) >= 11 is 0. The Kier molecular flexibility index (Phi) is 5.84. The summed E-state index contributed by atoms with van der Waals surface area (Å²) in [4.78, 5) is 0. The molecule has 1 fully saturated rings. The van der Waals surface area contributed by atoms with Crippen molar-refractivity contribution >= 4 is 10.0 Å². The van der Waals surface area contributed by atoms with Gasteiger partial charge >= 0.3 is 0 Å². The van der Waals surface area contributed by atoms with Crippen LogP contribution in [0.25, 0.3) is 0 Å². The summed E-state index contributed by atoms with van der Waals surface area (Å²) in [5.41, 5.74) is 0. The van der Waals surface area contributed by atoms with Gasteiger partial charge in [0.1, 0.15) is 5.76 Å². The van der Waals surface area contributed by atoms with Crippen LogP contribution in [0.15, 0.2) is 22.8 Å². The molecular formula is C15H26N2O3S. The average molecular weight is 314 g/mol. The van der Waals surface area contributed by atoms with E-state index in [-0.39, 0.29) is 0 Å². The Morgan fingerprint density at radius 1 is 1.52 bits per heavy atom. The van der Waals surface area contributed by atoms with Gasteiger partial charge < -0.3 is 9.73 Å². The summed E-state index contributed by atoms with van der Waals surface area (Å²) in [7, 11) is -1.07. The Hall–Kier alpha value is -0.850. The predicted molar refractivity (Wildman–Crippen MR) is 83.6 cm³/mol. The second-order valence-electron chi connectivity index (χ2n) is 5.97. The van der Waals surface area contributed by atoms with Crippen LogP contribution in [0, 0.1) is 5.92 Å². The van der Waals surface area contributed by atoms with Gasteiger partial charge in [-0.3, -0.25) is 0 Å². The SMILES string of the molecule is CNC(CCc1ccco1)CC1CCCN(S(C)(=O)=O)C1. The van der Waals surface area contributed by atoms with Gasteiger partial charge in [0, 0.05) is 25.6 Å². The van der Waals surface area contributed by atoms with Gasteiger partial charge in [0.25, 0.3) is 0 Å². The molecule has 21 heavy (non-hydrogen) atoms. The third kappa shape index (κ3) is 5.13. The molecule has 2 atom stereocenters. The van der Waals surface area contributed by atoms with Gasteiger partial charge in [-0.25, -0.2) is 12.7 Å². The lowest BCUT2D eigenvalue weighted by Gasteiger charge is -2.33. The Morgan fingerprint density at radius 2 is 2.33 bits per heavy atom. The fourth-order valence-corrected chi connectivity index (χ4v) is 4.02. The molecule has 0 radical (unpaired) electrons. The van der Waals surface area contributed by atoms with E-state index in [9.17, 15) is 8.42 Å². The van der Waals surface area contributed by atoms with E-state index in [1.807, 2.05) is 19.2 Å². The number of aryl methyl sites for hydroxylation is 1. The first-order valence-corrected chi connectivity index (χ1v) is 9.48. The van der Waals surface area contributed by atoms with Crippen LogP contribution in [0.4, 0.5) is 0 Å². The third-order valence-corrected chi connectivity index (χ3v) is 5.57. The molecule has 1 N–H and O–H groups in total. The van der Waals surface area contributed by atoms with Crippen molar-refractivity contribution in [3.05, 3.63) is 24.2 Å².